The van der Waals surface area contributed by atoms with Crippen molar-refractivity contribution in [3.63, 3.8) is 0 Å². The van der Waals surface area contributed by atoms with E-state index >= 15 is 0 Å². The molecule has 0 spiro atoms. The Labute approximate surface area is 212 Å². The van der Waals surface area contributed by atoms with Crippen LogP contribution in [0, 0.1) is 0 Å². The summed E-state index contributed by atoms with van der Waals surface area (Å²) in [5.41, 5.74) is 0.308. The van der Waals surface area contributed by atoms with Crippen LogP contribution in [0.4, 0.5) is 0 Å². The number of carbonyl (C=O) groups excluding carboxylic acids is 3. The Morgan fingerprint density at radius 2 is 1.89 bits per heavy atom. The van der Waals surface area contributed by atoms with Crippen LogP contribution in [-0.4, -0.2) is 57.6 Å². The van der Waals surface area contributed by atoms with Gasteiger partial charge in [0.2, 0.25) is 5.91 Å². The SMILES string of the molecule is CCCCOc1ccc(CNC(=O)c2cc3n(n2)C[C@@](C)(C(=O)NC2CCCCC2)N(C)C3=O)cc1. The summed E-state index contributed by atoms with van der Waals surface area (Å²) in [6, 6.07) is 9.24. The van der Waals surface area contributed by atoms with Crippen molar-refractivity contribution in [3.05, 3.63) is 47.3 Å². The third kappa shape index (κ3) is 5.55. The largest absolute Gasteiger partial charge is 0.494 e. The number of aromatic nitrogens is 2. The number of likely N-dealkylation sites (N-methyl/N-ethyl adjacent to an activating group) is 1. The van der Waals surface area contributed by atoms with Crippen LogP contribution in [0.15, 0.2) is 30.3 Å². The van der Waals surface area contributed by atoms with Gasteiger partial charge in [-0.1, -0.05) is 44.7 Å². The number of amides is 3. The molecule has 2 aromatic rings. The molecule has 1 aromatic carbocycles. The summed E-state index contributed by atoms with van der Waals surface area (Å²) in [6.45, 7) is 5.07. The van der Waals surface area contributed by atoms with Crippen LogP contribution in [0.3, 0.4) is 0 Å². The van der Waals surface area contributed by atoms with Crippen LogP contribution in [0.2, 0.25) is 0 Å². The summed E-state index contributed by atoms with van der Waals surface area (Å²) in [4.78, 5) is 40.6. The van der Waals surface area contributed by atoms with Gasteiger partial charge < -0.3 is 20.3 Å². The van der Waals surface area contributed by atoms with Crippen molar-refractivity contribution in [2.24, 2.45) is 0 Å². The maximum Gasteiger partial charge on any atom is 0.272 e. The predicted molar refractivity (Wildman–Crippen MR) is 136 cm³/mol. The van der Waals surface area contributed by atoms with E-state index in [-0.39, 0.29) is 36.0 Å². The molecule has 1 aliphatic carbocycles. The van der Waals surface area contributed by atoms with Gasteiger partial charge in [-0.05, 0) is 43.9 Å². The number of carbonyl (C=O) groups is 3. The van der Waals surface area contributed by atoms with E-state index in [0.29, 0.717) is 18.8 Å². The first kappa shape index (κ1) is 25.7. The maximum absolute atomic E-state index is 13.2. The Morgan fingerprint density at radius 1 is 1.17 bits per heavy atom. The van der Waals surface area contributed by atoms with Crippen molar-refractivity contribution in [3.8, 4) is 5.75 Å². The smallest absolute Gasteiger partial charge is 0.272 e. The van der Waals surface area contributed by atoms with E-state index in [9.17, 15) is 14.4 Å². The molecule has 0 bridgehead atoms. The number of fused-ring (bicyclic) bond motifs is 1. The number of hydrogen-bond donors (Lipinski definition) is 2. The highest BCUT2D eigenvalue weighted by Gasteiger charge is 2.46. The summed E-state index contributed by atoms with van der Waals surface area (Å²) in [6.07, 6.45) is 7.43. The monoisotopic (exact) mass is 495 g/mol. The molecule has 4 rings (SSSR count). The van der Waals surface area contributed by atoms with Crippen molar-refractivity contribution in [1.82, 2.24) is 25.3 Å². The molecule has 36 heavy (non-hydrogen) atoms. The van der Waals surface area contributed by atoms with Gasteiger partial charge in [-0.25, -0.2) is 0 Å². The molecule has 2 aliphatic rings. The number of nitrogens with one attached hydrogen (secondary N) is 2. The quantitative estimate of drug-likeness (QED) is 0.520. The van der Waals surface area contributed by atoms with Crippen LogP contribution in [0.1, 0.15) is 85.3 Å². The first-order valence-electron chi connectivity index (χ1n) is 13.0. The summed E-state index contributed by atoms with van der Waals surface area (Å²) in [7, 11) is 1.63. The number of nitrogens with zero attached hydrogens (tertiary/aromatic N) is 3. The van der Waals surface area contributed by atoms with Crippen LogP contribution in [-0.2, 0) is 17.9 Å². The zero-order valence-corrected chi connectivity index (χ0v) is 21.5. The number of hydrogen-bond acceptors (Lipinski definition) is 5. The van der Waals surface area contributed by atoms with Gasteiger partial charge in [0.05, 0.1) is 13.2 Å². The molecule has 1 fully saturated rings. The predicted octanol–water partition coefficient (Wildman–Crippen LogP) is 3.29. The average Bonchev–Trinajstić information content (AvgIpc) is 3.31. The highest BCUT2D eigenvalue weighted by molar-refractivity contribution is 6.01. The van der Waals surface area contributed by atoms with Crippen LogP contribution >= 0.6 is 0 Å². The molecule has 1 aromatic heterocycles. The Kier molecular flexibility index (Phi) is 7.96. The second-order valence-corrected chi connectivity index (χ2v) is 10.0. The van der Waals surface area contributed by atoms with Gasteiger partial charge >= 0.3 is 0 Å². The second-order valence-electron chi connectivity index (χ2n) is 10.0. The number of benzene rings is 1. The molecule has 1 aliphatic heterocycles. The van der Waals surface area contributed by atoms with E-state index in [2.05, 4.69) is 22.7 Å². The molecule has 0 saturated heterocycles. The summed E-state index contributed by atoms with van der Waals surface area (Å²) >= 11 is 0. The van der Waals surface area contributed by atoms with Crippen molar-refractivity contribution in [2.75, 3.05) is 13.7 Å². The Balaban J connectivity index is 1.39. The van der Waals surface area contributed by atoms with Crippen molar-refractivity contribution in [2.45, 2.75) is 83.5 Å². The molecule has 1 atom stereocenters. The minimum atomic E-state index is -1.08. The average molecular weight is 496 g/mol. The first-order valence-corrected chi connectivity index (χ1v) is 13.0. The fourth-order valence-corrected chi connectivity index (χ4v) is 4.74. The highest BCUT2D eigenvalue weighted by atomic mass is 16.5. The zero-order valence-electron chi connectivity index (χ0n) is 21.5. The Hall–Kier alpha value is -3.36. The van der Waals surface area contributed by atoms with Gasteiger partial charge in [0, 0.05) is 25.7 Å². The standard InChI is InChI=1S/C27H37N5O4/c1-4-5-15-36-21-13-11-19(12-14-21)17-28-24(33)22-16-23-25(34)31(3)27(2,18-32(23)30-22)26(35)29-20-9-7-6-8-10-20/h11-14,16,20H,4-10,15,17-18H2,1-3H3,(H,28,33)(H,29,35)/t27-/m0/s1. The lowest BCUT2D eigenvalue weighted by atomic mass is 9.92. The van der Waals surface area contributed by atoms with Gasteiger partial charge in [0.1, 0.15) is 17.0 Å². The van der Waals surface area contributed by atoms with Crippen molar-refractivity contribution >= 4 is 17.7 Å². The lowest BCUT2D eigenvalue weighted by Crippen LogP contribution is -2.63. The molecule has 1 saturated carbocycles. The Bertz CT molecular complexity index is 1090. The number of ether oxygens (including phenoxy) is 1. The molecule has 2 heterocycles. The van der Waals surface area contributed by atoms with Crippen LogP contribution in [0.5, 0.6) is 5.75 Å². The van der Waals surface area contributed by atoms with E-state index in [4.69, 9.17) is 4.74 Å². The number of rotatable bonds is 9. The van der Waals surface area contributed by atoms with E-state index in [1.807, 2.05) is 24.3 Å². The molecular formula is C27H37N5O4. The van der Waals surface area contributed by atoms with Gasteiger partial charge in [-0.2, -0.15) is 5.10 Å². The fraction of sp³-hybridized carbons (Fsp3) is 0.556. The van der Waals surface area contributed by atoms with Gasteiger partial charge in [0.25, 0.3) is 11.8 Å². The molecular weight excluding hydrogens is 458 g/mol. The second kappa shape index (κ2) is 11.1. The molecule has 0 unspecified atom stereocenters. The normalized spacial score (nSPS) is 20.1. The highest BCUT2D eigenvalue weighted by Crippen LogP contribution is 2.27. The lowest BCUT2D eigenvalue weighted by molar-refractivity contribution is -0.133. The van der Waals surface area contributed by atoms with Gasteiger partial charge in [-0.15, -0.1) is 0 Å². The molecule has 2 N–H and O–H groups in total. The third-order valence-electron chi connectivity index (χ3n) is 7.31. The summed E-state index contributed by atoms with van der Waals surface area (Å²) in [5.74, 6) is -0.0743. The molecule has 9 heteroatoms. The topological polar surface area (TPSA) is 106 Å². The molecule has 9 nitrogen and oxygen atoms in total. The van der Waals surface area contributed by atoms with E-state index in [0.717, 1.165) is 49.8 Å². The molecule has 0 radical (unpaired) electrons. The Morgan fingerprint density at radius 3 is 2.58 bits per heavy atom. The summed E-state index contributed by atoms with van der Waals surface area (Å²) < 4.78 is 7.16. The maximum atomic E-state index is 13.2. The minimum Gasteiger partial charge on any atom is -0.494 e. The molecule has 194 valence electrons. The van der Waals surface area contributed by atoms with E-state index in [1.165, 1.54) is 22.1 Å². The zero-order chi connectivity index (χ0) is 25.7. The first-order chi connectivity index (χ1) is 17.3. The summed E-state index contributed by atoms with van der Waals surface area (Å²) in [5, 5.41) is 10.4. The minimum absolute atomic E-state index is 0.143. The number of unbranched alkanes of at least 4 members (excludes halogenated alkanes) is 1. The van der Waals surface area contributed by atoms with Gasteiger partial charge in [-0.3, -0.25) is 19.1 Å². The van der Waals surface area contributed by atoms with E-state index < -0.39 is 5.54 Å². The van der Waals surface area contributed by atoms with Gasteiger partial charge in [0.15, 0.2) is 5.69 Å². The van der Waals surface area contributed by atoms with Crippen molar-refractivity contribution in [1.29, 1.82) is 0 Å². The lowest BCUT2D eigenvalue weighted by Gasteiger charge is -2.41. The molecule has 3 amide bonds. The van der Waals surface area contributed by atoms with Crippen LogP contribution in [0.25, 0.3) is 0 Å². The van der Waals surface area contributed by atoms with Crippen LogP contribution < -0.4 is 15.4 Å². The van der Waals surface area contributed by atoms with E-state index in [1.54, 1.807) is 14.0 Å². The third-order valence-corrected chi connectivity index (χ3v) is 7.31. The fourth-order valence-electron chi connectivity index (χ4n) is 4.74. The van der Waals surface area contributed by atoms with Crippen molar-refractivity contribution < 1.29 is 19.1 Å².